The Balaban J connectivity index is 1.58. The summed E-state index contributed by atoms with van der Waals surface area (Å²) >= 11 is 4.73. The highest BCUT2D eigenvalue weighted by atomic mass is 79.9. The summed E-state index contributed by atoms with van der Waals surface area (Å²) in [5.74, 6) is 2.06. The molecule has 0 radical (unpaired) electrons. The molecule has 0 bridgehead atoms. The number of carbonyl (C=O) groups excluding carboxylic acids is 1. The smallest absolute Gasteiger partial charge is 0.277 e. The molecule has 1 fully saturated rings. The van der Waals surface area contributed by atoms with E-state index in [2.05, 4.69) is 40.0 Å². The van der Waals surface area contributed by atoms with E-state index in [1.807, 2.05) is 29.2 Å². The Labute approximate surface area is 154 Å². The van der Waals surface area contributed by atoms with Gasteiger partial charge in [-0.25, -0.2) is 0 Å². The van der Waals surface area contributed by atoms with Crippen LogP contribution in [0.3, 0.4) is 0 Å². The standard InChI is InChI=1S/C17H20BrN3O2S/c1-11-6-12(2)9-21(8-11)15(22)10-24-17-20-19-16(23-17)13-4-3-5-14(18)7-13/h3-5,7,11-12H,6,8-10H2,1-2H3/t11-,12-/m1/s1. The average Bonchev–Trinajstić information content (AvgIpc) is 3.00. The van der Waals surface area contributed by atoms with Crippen molar-refractivity contribution in [2.24, 2.45) is 11.8 Å². The Morgan fingerprint density at radius 3 is 2.79 bits per heavy atom. The highest BCUT2D eigenvalue weighted by molar-refractivity contribution is 9.10. The molecule has 24 heavy (non-hydrogen) atoms. The summed E-state index contributed by atoms with van der Waals surface area (Å²) in [6, 6.07) is 7.69. The Morgan fingerprint density at radius 1 is 1.33 bits per heavy atom. The fourth-order valence-corrected chi connectivity index (χ4v) is 4.15. The molecule has 0 spiro atoms. The molecule has 0 saturated carbocycles. The van der Waals surface area contributed by atoms with Gasteiger partial charge >= 0.3 is 0 Å². The van der Waals surface area contributed by atoms with Crippen molar-refractivity contribution in [3.63, 3.8) is 0 Å². The quantitative estimate of drug-likeness (QED) is 0.711. The van der Waals surface area contributed by atoms with Crippen LogP contribution in [0.25, 0.3) is 11.5 Å². The number of hydrogen-bond acceptors (Lipinski definition) is 5. The third-order valence-corrected chi connectivity index (χ3v) is 5.32. The lowest BCUT2D eigenvalue weighted by atomic mass is 9.92. The van der Waals surface area contributed by atoms with Crippen LogP contribution in [0.2, 0.25) is 0 Å². The number of piperidine rings is 1. The molecule has 7 heteroatoms. The molecular weight excluding hydrogens is 390 g/mol. The molecule has 5 nitrogen and oxygen atoms in total. The lowest BCUT2D eigenvalue weighted by molar-refractivity contribution is -0.130. The largest absolute Gasteiger partial charge is 0.411 e. The van der Waals surface area contributed by atoms with E-state index in [0.717, 1.165) is 23.1 Å². The summed E-state index contributed by atoms with van der Waals surface area (Å²) in [5, 5.41) is 8.52. The summed E-state index contributed by atoms with van der Waals surface area (Å²) in [6.45, 7) is 6.09. The first kappa shape index (κ1) is 17.5. The molecule has 1 saturated heterocycles. The molecule has 1 aromatic carbocycles. The molecule has 2 aromatic rings. The van der Waals surface area contributed by atoms with Crippen LogP contribution >= 0.6 is 27.7 Å². The number of halogens is 1. The van der Waals surface area contributed by atoms with Crippen LogP contribution in [-0.2, 0) is 4.79 Å². The first-order chi connectivity index (χ1) is 11.5. The number of nitrogens with zero attached hydrogens (tertiary/aromatic N) is 3. The van der Waals surface area contributed by atoms with Gasteiger partial charge in [0.1, 0.15) is 0 Å². The highest BCUT2D eigenvalue weighted by Crippen LogP contribution is 2.26. The molecule has 128 valence electrons. The predicted molar refractivity (Wildman–Crippen MR) is 97.7 cm³/mol. The second kappa shape index (κ2) is 7.70. The summed E-state index contributed by atoms with van der Waals surface area (Å²) in [5.41, 5.74) is 0.855. The first-order valence-corrected chi connectivity index (χ1v) is 9.79. The summed E-state index contributed by atoms with van der Waals surface area (Å²) in [6.07, 6.45) is 1.19. The van der Waals surface area contributed by atoms with Crippen LogP contribution in [0.5, 0.6) is 0 Å². The zero-order chi connectivity index (χ0) is 17.1. The number of likely N-dealkylation sites (tertiary alicyclic amines) is 1. The number of thioether (sulfide) groups is 1. The van der Waals surface area contributed by atoms with Gasteiger partial charge in [-0.3, -0.25) is 4.79 Å². The number of carbonyl (C=O) groups is 1. The van der Waals surface area contributed by atoms with Gasteiger partial charge in [0.2, 0.25) is 11.8 Å². The molecule has 3 rings (SSSR count). The van der Waals surface area contributed by atoms with Gasteiger partial charge < -0.3 is 9.32 Å². The van der Waals surface area contributed by atoms with Gasteiger partial charge in [0.05, 0.1) is 5.75 Å². The fraction of sp³-hybridized carbons (Fsp3) is 0.471. The van der Waals surface area contributed by atoms with Crippen LogP contribution < -0.4 is 0 Å². The lowest BCUT2D eigenvalue weighted by Crippen LogP contribution is -2.43. The zero-order valence-corrected chi connectivity index (χ0v) is 16.1. The minimum Gasteiger partial charge on any atom is -0.411 e. The SMILES string of the molecule is C[C@@H]1C[C@@H](C)CN(C(=O)CSc2nnc(-c3cccc(Br)c3)o2)C1. The van der Waals surface area contributed by atoms with E-state index in [1.54, 1.807) is 0 Å². The third-order valence-electron chi connectivity index (χ3n) is 4.02. The number of rotatable bonds is 4. The van der Waals surface area contributed by atoms with Crippen molar-refractivity contribution in [3.05, 3.63) is 28.7 Å². The van der Waals surface area contributed by atoms with Crippen molar-refractivity contribution in [1.29, 1.82) is 0 Å². The maximum atomic E-state index is 12.4. The Morgan fingerprint density at radius 2 is 2.08 bits per heavy atom. The maximum Gasteiger partial charge on any atom is 0.277 e. The van der Waals surface area contributed by atoms with Crippen LogP contribution in [0.1, 0.15) is 20.3 Å². The molecule has 0 aliphatic carbocycles. The van der Waals surface area contributed by atoms with Gasteiger partial charge in [-0.15, -0.1) is 10.2 Å². The Kier molecular flexibility index (Phi) is 5.61. The first-order valence-electron chi connectivity index (χ1n) is 8.01. The van der Waals surface area contributed by atoms with Crippen LogP contribution in [0.15, 0.2) is 38.4 Å². The fourth-order valence-electron chi connectivity index (χ4n) is 3.09. The van der Waals surface area contributed by atoms with E-state index in [1.165, 1.54) is 18.2 Å². The monoisotopic (exact) mass is 409 g/mol. The molecule has 0 N–H and O–H groups in total. The minimum absolute atomic E-state index is 0.139. The predicted octanol–water partition coefficient (Wildman–Crippen LogP) is 4.10. The molecule has 1 aromatic heterocycles. The van der Waals surface area contributed by atoms with E-state index >= 15 is 0 Å². The van der Waals surface area contributed by atoms with Crippen LogP contribution in [0.4, 0.5) is 0 Å². The average molecular weight is 410 g/mol. The van der Waals surface area contributed by atoms with E-state index < -0.39 is 0 Å². The third kappa shape index (κ3) is 4.39. The van der Waals surface area contributed by atoms with Crippen molar-refractivity contribution in [2.75, 3.05) is 18.8 Å². The van der Waals surface area contributed by atoms with E-state index in [4.69, 9.17) is 4.42 Å². The molecule has 0 unspecified atom stereocenters. The summed E-state index contributed by atoms with van der Waals surface area (Å²) in [4.78, 5) is 14.3. The van der Waals surface area contributed by atoms with Gasteiger partial charge in [-0.05, 0) is 36.5 Å². The number of aromatic nitrogens is 2. The van der Waals surface area contributed by atoms with Crippen molar-refractivity contribution < 1.29 is 9.21 Å². The summed E-state index contributed by atoms with van der Waals surface area (Å²) in [7, 11) is 0. The van der Waals surface area contributed by atoms with Crippen molar-refractivity contribution in [2.45, 2.75) is 25.5 Å². The van der Waals surface area contributed by atoms with Gasteiger partial charge in [0.25, 0.3) is 5.22 Å². The van der Waals surface area contributed by atoms with Crippen LogP contribution in [0, 0.1) is 11.8 Å². The second-order valence-electron chi connectivity index (χ2n) is 6.42. The second-order valence-corrected chi connectivity index (χ2v) is 8.26. The zero-order valence-electron chi connectivity index (χ0n) is 13.7. The van der Waals surface area contributed by atoms with Gasteiger partial charge in [-0.1, -0.05) is 47.6 Å². The van der Waals surface area contributed by atoms with Crippen LogP contribution in [-0.4, -0.2) is 39.8 Å². The molecule has 1 aliphatic heterocycles. The summed E-state index contributed by atoms with van der Waals surface area (Å²) < 4.78 is 6.61. The van der Waals surface area contributed by atoms with Crippen molar-refractivity contribution in [3.8, 4) is 11.5 Å². The maximum absolute atomic E-state index is 12.4. The number of hydrogen-bond donors (Lipinski definition) is 0. The molecule has 2 heterocycles. The van der Waals surface area contributed by atoms with Gasteiger partial charge in [0, 0.05) is 23.1 Å². The van der Waals surface area contributed by atoms with Gasteiger partial charge in [0.15, 0.2) is 0 Å². The Bertz CT molecular complexity index is 711. The minimum atomic E-state index is 0.139. The van der Waals surface area contributed by atoms with Gasteiger partial charge in [-0.2, -0.15) is 0 Å². The van der Waals surface area contributed by atoms with Crippen molar-refractivity contribution >= 4 is 33.6 Å². The highest BCUT2D eigenvalue weighted by Gasteiger charge is 2.25. The molecule has 2 atom stereocenters. The molecule has 1 amide bonds. The van der Waals surface area contributed by atoms with E-state index in [-0.39, 0.29) is 5.91 Å². The van der Waals surface area contributed by atoms with E-state index in [0.29, 0.717) is 28.7 Å². The normalized spacial score (nSPS) is 21.0. The topological polar surface area (TPSA) is 59.2 Å². The number of benzene rings is 1. The molecule has 1 aliphatic rings. The van der Waals surface area contributed by atoms with Crippen molar-refractivity contribution in [1.82, 2.24) is 15.1 Å². The van der Waals surface area contributed by atoms with E-state index in [9.17, 15) is 4.79 Å². The molecular formula is C17H20BrN3O2S. The lowest BCUT2D eigenvalue weighted by Gasteiger charge is -2.34. The number of amides is 1. The Hall–Kier alpha value is -1.34.